The lowest BCUT2D eigenvalue weighted by atomic mass is 10.1. The summed E-state index contributed by atoms with van der Waals surface area (Å²) in [4.78, 5) is 0. The average Bonchev–Trinajstić information content (AvgIpc) is 2.71. The molecule has 0 aliphatic heterocycles. The summed E-state index contributed by atoms with van der Waals surface area (Å²) < 4.78 is 24.6. The molecule has 0 bridgehead atoms. The molecule has 5 nitrogen and oxygen atoms in total. The van der Waals surface area contributed by atoms with Crippen molar-refractivity contribution in [2.75, 3.05) is 32.1 Å². The van der Waals surface area contributed by atoms with E-state index in [-0.39, 0.29) is 11.8 Å². The SMILES string of the molecule is CN(C)S(=O)(=O)CCNC1CCc2cc(N)ccc21. The maximum absolute atomic E-state index is 11.7. The van der Waals surface area contributed by atoms with Gasteiger partial charge in [-0.25, -0.2) is 12.7 Å². The van der Waals surface area contributed by atoms with E-state index in [9.17, 15) is 8.42 Å². The molecule has 0 saturated carbocycles. The monoisotopic (exact) mass is 283 g/mol. The Morgan fingerprint density at radius 3 is 2.84 bits per heavy atom. The van der Waals surface area contributed by atoms with Crippen LogP contribution in [0.3, 0.4) is 0 Å². The number of nitrogens with zero attached hydrogens (tertiary/aromatic N) is 1. The fourth-order valence-corrected chi connectivity index (χ4v) is 3.14. The minimum Gasteiger partial charge on any atom is -0.399 e. The molecule has 1 aromatic rings. The van der Waals surface area contributed by atoms with Gasteiger partial charge in [0.25, 0.3) is 0 Å². The number of aryl methyl sites for hydroxylation is 1. The molecule has 1 unspecified atom stereocenters. The minimum atomic E-state index is -3.12. The molecular formula is C13H21N3O2S. The Balaban J connectivity index is 1.94. The first-order valence-electron chi connectivity index (χ1n) is 6.42. The standard InChI is InChI=1S/C13H21N3O2S/c1-16(2)19(17,18)8-7-15-13-6-3-10-9-11(14)4-5-12(10)13/h4-5,9,13,15H,3,6-8,14H2,1-2H3. The normalized spacial score (nSPS) is 18.8. The molecule has 0 aromatic heterocycles. The summed E-state index contributed by atoms with van der Waals surface area (Å²) in [6.07, 6.45) is 2.00. The predicted octanol–water partition coefficient (Wildman–Crippen LogP) is 0.737. The molecule has 1 aliphatic rings. The fraction of sp³-hybridized carbons (Fsp3) is 0.538. The largest absolute Gasteiger partial charge is 0.399 e. The maximum atomic E-state index is 11.7. The zero-order valence-corrected chi connectivity index (χ0v) is 12.2. The van der Waals surface area contributed by atoms with Gasteiger partial charge in [0.2, 0.25) is 10.0 Å². The first kappa shape index (κ1) is 14.3. The number of hydrogen-bond acceptors (Lipinski definition) is 4. The van der Waals surface area contributed by atoms with Crippen LogP contribution in [-0.4, -0.2) is 39.1 Å². The van der Waals surface area contributed by atoms with Crippen molar-refractivity contribution >= 4 is 15.7 Å². The van der Waals surface area contributed by atoms with Gasteiger partial charge in [-0.1, -0.05) is 6.07 Å². The van der Waals surface area contributed by atoms with Gasteiger partial charge < -0.3 is 11.1 Å². The zero-order chi connectivity index (χ0) is 14.0. The van der Waals surface area contributed by atoms with Crippen molar-refractivity contribution < 1.29 is 8.42 Å². The lowest BCUT2D eigenvalue weighted by Crippen LogP contribution is -2.32. The second kappa shape index (κ2) is 5.48. The van der Waals surface area contributed by atoms with E-state index in [0.717, 1.165) is 18.5 Å². The maximum Gasteiger partial charge on any atom is 0.214 e. The summed E-state index contributed by atoms with van der Waals surface area (Å²) in [5.74, 6) is 0.126. The second-order valence-corrected chi connectivity index (χ2v) is 7.40. The molecule has 0 saturated heterocycles. The number of sulfonamides is 1. The van der Waals surface area contributed by atoms with Gasteiger partial charge in [-0.2, -0.15) is 0 Å². The first-order chi connectivity index (χ1) is 8.90. The Hall–Kier alpha value is -1.11. The van der Waals surface area contributed by atoms with Crippen molar-refractivity contribution in [1.29, 1.82) is 0 Å². The third kappa shape index (κ3) is 3.26. The Morgan fingerprint density at radius 2 is 2.16 bits per heavy atom. The molecule has 3 N–H and O–H groups in total. The molecule has 2 rings (SSSR count). The topological polar surface area (TPSA) is 75.4 Å². The summed E-state index contributed by atoms with van der Waals surface area (Å²) in [6, 6.07) is 6.19. The highest BCUT2D eigenvalue weighted by molar-refractivity contribution is 7.89. The predicted molar refractivity (Wildman–Crippen MR) is 77.4 cm³/mol. The van der Waals surface area contributed by atoms with Gasteiger partial charge in [-0.3, -0.25) is 0 Å². The molecule has 0 fully saturated rings. The van der Waals surface area contributed by atoms with Crippen molar-refractivity contribution in [3.63, 3.8) is 0 Å². The number of rotatable bonds is 5. The van der Waals surface area contributed by atoms with Crippen LogP contribution in [0.2, 0.25) is 0 Å². The molecule has 106 valence electrons. The Morgan fingerprint density at radius 1 is 1.42 bits per heavy atom. The van der Waals surface area contributed by atoms with E-state index in [1.165, 1.54) is 15.4 Å². The van der Waals surface area contributed by atoms with E-state index in [1.54, 1.807) is 14.1 Å². The van der Waals surface area contributed by atoms with E-state index >= 15 is 0 Å². The summed E-state index contributed by atoms with van der Waals surface area (Å²) in [5.41, 5.74) is 9.07. The van der Waals surface area contributed by atoms with Crippen molar-refractivity contribution in [2.45, 2.75) is 18.9 Å². The Labute approximate surface area is 114 Å². The minimum absolute atomic E-state index is 0.126. The number of benzene rings is 1. The van der Waals surface area contributed by atoms with Crippen LogP contribution in [0.4, 0.5) is 5.69 Å². The molecule has 0 radical (unpaired) electrons. The van der Waals surface area contributed by atoms with Crippen LogP contribution in [0.1, 0.15) is 23.6 Å². The van der Waals surface area contributed by atoms with Crippen LogP contribution in [0.5, 0.6) is 0 Å². The molecule has 1 atom stereocenters. The summed E-state index contributed by atoms with van der Waals surface area (Å²) in [5, 5.41) is 3.32. The lowest BCUT2D eigenvalue weighted by molar-refractivity contribution is 0.506. The summed E-state index contributed by atoms with van der Waals surface area (Å²) >= 11 is 0. The first-order valence-corrected chi connectivity index (χ1v) is 8.03. The third-order valence-electron chi connectivity index (χ3n) is 3.55. The lowest BCUT2D eigenvalue weighted by Gasteiger charge is -2.16. The van der Waals surface area contributed by atoms with Gasteiger partial charge in [0.15, 0.2) is 0 Å². The molecule has 1 aromatic carbocycles. The van der Waals surface area contributed by atoms with Gasteiger partial charge in [0.1, 0.15) is 0 Å². The Bertz CT molecular complexity index is 555. The number of hydrogen-bond donors (Lipinski definition) is 2. The molecule has 0 heterocycles. The third-order valence-corrected chi connectivity index (χ3v) is 5.38. The highest BCUT2D eigenvalue weighted by Crippen LogP contribution is 2.32. The van der Waals surface area contributed by atoms with Crippen molar-refractivity contribution in [3.8, 4) is 0 Å². The van der Waals surface area contributed by atoms with Gasteiger partial charge in [0.05, 0.1) is 5.75 Å². The van der Waals surface area contributed by atoms with Crippen LogP contribution in [-0.2, 0) is 16.4 Å². The van der Waals surface area contributed by atoms with Gasteiger partial charge in [-0.05, 0) is 36.1 Å². The molecule has 6 heteroatoms. The van der Waals surface area contributed by atoms with E-state index in [0.29, 0.717) is 6.54 Å². The van der Waals surface area contributed by atoms with Crippen LogP contribution in [0.25, 0.3) is 0 Å². The zero-order valence-electron chi connectivity index (χ0n) is 11.4. The highest BCUT2D eigenvalue weighted by Gasteiger charge is 2.22. The number of fused-ring (bicyclic) bond motifs is 1. The van der Waals surface area contributed by atoms with Gasteiger partial charge in [0, 0.05) is 32.4 Å². The van der Waals surface area contributed by atoms with Gasteiger partial charge >= 0.3 is 0 Å². The van der Waals surface area contributed by atoms with E-state index in [4.69, 9.17) is 5.73 Å². The Kier molecular flexibility index (Phi) is 4.13. The van der Waals surface area contributed by atoms with E-state index in [2.05, 4.69) is 5.32 Å². The molecule has 0 spiro atoms. The van der Waals surface area contributed by atoms with Crippen molar-refractivity contribution in [2.24, 2.45) is 0 Å². The van der Waals surface area contributed by atoms with E-state index in [1.807, 2.05) is 18.2 Å². The van der Waals surface area contributed by atoms with Crippen LogP contribution in [0, 0.1) is 0 Å². The molecular weight excluding hydrogens is 262 g/mol. The number of anilines is 1. The number of nitrogens with two attached hydrogens (primary N) is 1. The number of nitrogen functional groups attached to an aromatic ring is 1. The quantitative estimate of drug-likeness (QED) is 0.782. The second-order valence-electron chi connectivity index (χ2n) is 5.10. The smallest absolute Gasteiger partial charge is 0.214 e. The van der Waals surface area contributed by atoms with Crippen molar-refractivity contribution in [3.05, 3.63) is 29.3 Å². The van der Waals surface area contributed by atoms with Crippen molar-refractivity contribution in [1.82, 2.24) is 9.62 Å². The van der Waals surface area contributed by atoms with Crippen LogP contribution >= 0.6 is 0 Å². The fourth-order valence-electron chi connectivity index (χ4n) is 2.39. The van der Waals surface area contributed by atoms with E-state index < -0.39 is 10.0 Å². The van der Waals surface area contributed by atoms with Crippen LogP contribution < -0.4 is 11.1 Å². The van der Waals surface area contributed by atoms with Crippen LogP contribution in [0.15, 0.2) is 18.2 Å². The average molecular weight is 283 g/mol. The summed E-state index contributed by atoms with van der Waals surface area (Å²) in [7, 11) is -0.00613. The van der Waals surface area contributed by atoms with Gasteiger partial charge in [-0.15, -0.1) is 0 Å². The summed E-state index contributed by atoms with van der Waals surface area (Å²) in [6.45, 7) is 0.467. The molecule has 0 amide bonds. The number of nitrogens with one attached hydrogen (secondary N) is 1. The molecule has 1 aliphatic carbocycles. The molecule has 19 heavy (non-hydrogen) atoms. The highest BCUT2D eigenvalue weighted by atomic mass is 32.2.